The molecule has 1 unspecified atom stereocenters. The van der Waals surface area contributed by atoms with E-state index in [0.29, 0.717) is 0 Å². The lowest BCUT2D eigenvalue weighted by atomic mass is 9.98. The predicted molar refractivity (Wildman–Crippen MR) is 88.7 cm³/mol. The van der Waals surface area contributed by atoms with Gasteiger partial charge in [0.1, 0.15) is 0 Å². The largest absolute Gasteiger partial charge is 0.329 e. The van der Waals surface area contributed by atoms with Crippen molar-refractivity contribution < 1.29 is 4.79 Å². The molecule has 0 fully saturated rings. The van der Waals surface area contributed by atoms with Crippen LogP contribution < -0.4 is 11.1 Å². The van der Waals surface area contributed by atoms with Gasteiger partial charge >= 0.3 is 0 Å². The van der Waals surface area contributed by atoms with E-state index < -0.39 is 0 Å². The molecule has 0 radical (unpaired) electrons. The number of anilines is 1. The van der Waals surface area contributed by atoms with Gasteiger partial charge in [-0.2, -0.15) is 0 Å². The number of hydrogen-bond donors (Lipinski definition) is 2. The lowest BCUT2D eigenvalue weighted by Gasteiger charge is -2.15. The molecule has 0 saturated heterocycles. The standard InChI is InChI=1S/C17H16N2OS/c18-11-15(12-4-2-1-3-5-12)17(20)19-14-6-7-16-13(10-14)8-9-21-16/h1-10,15H,11,18H2,(H,19,20). The SMILES string of the molecule is NCC(C(=O)Nc1ccc2sccc2c1)c1ccccc1. The topological polar surface area (TPSA) is 55.1 Å². The number of rotatable bonds is 4. The van der Waals surface area contributed by atoms with Crippen molar-refractivity contribution >= 4 is 33.0 Å². The third-order valence-corrected chi connectivity index (χ3v) is 4.37. The van der Waals surface area contributed by atoms with E-state index in [4.69, 9.17) is 5.73 Å². The minimum absolute atomic E-state index is 0.0710. The highest BCUT2D eigenvalue weighted by Gasteiger charge is 2.18. The minimum atomic E-state index is -0.329. The zero-order valence-corrected chi connectivity index (χ0v) is 12.3. The molecular formula is C17H16N2OS. The molecule has 2 aromatic carbocycles. The molecule has 1 aromatic heterocycles. The second kappa shape index (κ2) is 6.08. The number of nitrogens with two attached hydrogens (primary N) is 1. The summed E-state index contributed by atoms with van der Waals surface area (Å²) in [6.45, 7) is 0.288. The molecule has 0 spiro atoms. The summed E-state index contributed by atoms with van der Waals surface area (Å²) in [6, 6.07) is 17.6. The highest BCUT2D eigenvalue weighted by atomic mass is 32.1. The molecule has 106 valence electrons. The third-order valence-electron chi connectivity index (χ3n) is 3.47. The summed E-state index contributed by atoms with van der Waals surface area (Å²) in [6.07, 6.45) is 0. The highest BCUT2D eigenvalue weighted by molar-refractivity contribution is 7.17. The zero-order valence-electron chi connectivity index (χ0n) is 11.5. The van der Waals surface area contributed by atoms with Crippen LogP contribution >= 0.6 is 11.3 Å². The second-order valence-corrected chi connectivity index (χ2v) is 5.81. The number of benzene rings is 2. The Morgan fingerprint density at radius 2 is 1.95 bits per heavy atom. The molecule has 4 heteroatoms. The first-order valence-corrected chi connectivity index (χ1v) is 7.69. The van der Waals surface area contributed by atoms with Crippen molar-refractivity contribution in [2.75, 3.05) is 11.9 Å². The average Bonchev–Trinajstić information content (AvgIpc) is 2.96. The third kappa shape index (κ3) is 2.96. The molecule has 3 rings (SSSR count). The van der Waals surface area contributed by atoms with Gasteiger partial charge in [-0.1, -0.05) is 30.3 Å². The molecule has 21 heavy (non-hydrogen) atoms. The van der Waals surface area contributed by atoms with E-state index in [-0.39, 0.29) is 18.4 Å². The molecule has 3 nitrogen and oxygen atoms in total. The summed E-state index contributed by atoms with van der Waals surface area (Å²) in [4.78, 5) is 12.4. The van der Waals surface area contributed by atoms with E-state index in [2.05, 4.69) is 5.32 Å². The van der Waals surface area contributed by atoms with E-state index in [1.807, 2.05) is 60.0 Å². The molecule has 0 aliphatic carbocycles. The predicted octanol–water partition coefficient (Wildman–Crippen LogP) is 3.58. The van der Waals surface area contributed by atoms with E-state index >= 15 is 0 Å². The van der Waals surface area contributed by atoms with Gasteiger partial charge in [0.15, 0.2) is 0 Å². The molecule has 0 bridgehead atoms. The van der Waals surface area contributed by atoms with Gasteiger partial charge in [0.05, 0.1) is 5.92 Å². The van der Waals surface area contributed by atoms with E-state index in [9.17, 15) is 4.79 Å². The van der Waals surface area contributed by atoms with E-state index in [1.165, 1.54) is 4.70 Å². The van der Waals surface area contributed by atoms with Crippen molar-refractivity contribution in [3.8, 4) is 0 Å². The number of hydrogen-bond acceptors (Lipinski definition) is 3. The average molecular weight is 296 g/mol. The fraction of sp³-hybridized carbons (Fsp3) is 0.118. The molecule has 3 N–H and O–H groups in total. The highest BCUT2D eigenvalue weighted by Crippen LogP contribution is 2.25. The van der Waals surface area contributed by atoms with Gasteiger partial charge in [0.2, 0.25) is 5.91 Å². The van der Waals surface area contributed by atoms with E-state index in [0.717, 1.165) is 16.6 Å². The van der Waals surface area contributed by atoms with Crippen LogP contribution in [-0.4, -0.2) is 12.5 Å². The lowest BCUT2D eigenvalue weighted by Crippen LogP contribution is -2.27. The van der Waals surface area contributed by atoms with Crippen LogP contribution in [0, 0.1) is 0 Å². The number of thiophene rings is 1. The van der Waals surface area contributed by atoms with Gasteiger partial charge in [-0.15, -0.1) is 11.3 Å². The summed E-state index contributed by atoms with van der Waals surface area (Å²) in [5.74, 6) is -0.400. The summed E-state index contributed by atoms with van der Waals surface area (Å²) in [5.41, 5.74) is 7.52. The fourth-order valence-corrected chi connectivity index (χ4v) is 3.12. The van der Waals surface area contributed by atoms with Gasteiger partial charge in [-0.05, 0) is 40.6 Å². The number of carbonyl (C=O) groups excluding carboxylic acids is 1. The summed E-state index contributed by atoms with van der Waals surface area (Å²) in [5, 5.41) is 6.14. The van der Waals surface area contributed by atoms with Crippen molar-refractivity contribution in [1.82, 2.24) is 0 Å². The number of nitrogens with one attached hydrogen (secondary N) is 1. The Balaban J connectivity index is 1.81. The Labute approximate surface area is 127 Å². The van der Waals surface area contributed by atoms with Crippen LogP contribution in [0.5, 0.6) is 0 Å². The minimum Gasteiger partial charge on any atom is -0.329 e. The van der Waals surface area contributed by atoms with Gasteiger partial charge in [-0.3, -0.25) is 4.79 Å². The quantitative estimate of drug-likeness (QED) is 0.773. The monoisotopic (exact) mass is 296 g/mol. The molecular weight excluding hydrogens is 280 g/mol. The van der Waals surface area contributed by atoms with Crippen LogP contribution in [0.15, 0.2) is 60.0 Å². The molecule has 3 aromatic rings. The summed E-state index contributed by atoms with van der Waals surface area (Å²) < 4.78 is 1.21. The van der Waals surface area contributed by atoms with Crippen LogP contribution in [-0.2, 0) is 4.79 Å². The van der Waals surface area contributed by atoms with Gasteiger partial charge in [0.25, 0.3) is 0 Å². The Bertz CT molecular complexity index is 752. The maximum absolute atomic E-state index is 12.4. The van der Waals surface area contributed by atoms with Crippen LogP contribution in [0.2, 0.25) is 0 Å². The van der Waals surface area contributed by atoms with Crippen molar-refractivity contribution in [1.29, 1.82) is 0 Å². The number of amides is 1. The first-order valence-electron chi connectivity index (χ1n) is 6.81. The maximum Gasteiger partial charge on any atom is 0.233 e. The van der Waals surface area contributed by atoms with Gasteiger partial charge < -0.3 is 11.1 Å². The van der Waals surface area contributed by atoms with Crippen LogP contribution in [0.4, 0.5) is 5.69 Å². The number of fused-ring (bicyclic) bond motifs is 1. The second-order valence-electron chi connectivity index (χ2n) is 4.86. The molecule has 0 aliphatic rings. The lowest BCUT2D eigenvalue weighted by molar-refractivity contribution is -0.117. The van der Waals surface area contributed by atoms with Crippen molar-refractivity contribution in [2.45, 2.75) is 5.92 Å². The van der Waals surface area contributed by atoms with Gasteiger partial charge in [0, 0.05) is 16.9 Å². The summed E-state index contributed by atoms with van der Waals surface area (Å²) in [7, 11) is 0. The molecule has 0 saturated carbocycles. The molecule has 0 aliphatic heterocycles. The Hall–Kier alpha value is -2.17. The van der Waals surface area contributed by atoms with Crippen LogP contribution in [0.25, 0.3) is 10.1 Å². The van der Waals surface area contributed by atoms with Gasteiger partial charge in [-0.25, -0.2) is 0 Å². The maximum atomic E-state index is 12.4. The van der Waals surface area contributed by atoms with Crippen molar-refractivity contribution in [3.63, 3.8) is 0 Å². The van der Waals surface area contributed by atoms with Crippen LogP contribution in [0.1, 0.15) is 11.5 Å². The fourth-order valence-electron chi connectivity index (χ4n) is 2.35. The normalized spacial score (nSPS) is 12.2. The Morgan fingerprint density at radius 1 is 1.14 bits per heavy atom. The smallest absolute Gasteiger partial charge is 0.233 e. The molecule has 1 heterocycles. The van der Waals surface area contributed by atoms with Crippen molar-refractivity contribution in [2.24, 2.45) is 5.73 Å². The zero-order chi connectivity index (χ0) is 14.7. The first-order chi connectivity index (χ1) is 10.3. The Kier molecular flexibility index (Phi) is 3.99. The first kappa shape index (κ1) is 13.8. The van der Waals surface area contributed by atoms with Crippen molar-refractivity contribution in [3.05, 3.63) is 65.5 Å². The summed E-state index contributed by atoms with van der Waals surface area (Å²) >= 11 is 1.69. The number of carbonyl (C=O) groups is 1. The molecule has 1 atom stereocenters. The Morgan fingerprint density at radius 3 is 2.71 bits per heavy atom. The molecule has 1 amide bonds. The van der Waals surface area contributed by atoms with Crippen LogP contribution in [0.3, 0.4) is 0 Å². The van der Waals surface area contributed by atoms with E-state index in [1.54, 1.807) is 11.3 Å².